The van der Waals surface area contributed by atoms with Crippen molar-refractivity contribution in [3.05, 3.63) is 52.9 Å². The second-order valence-corrected chi connectivity index (χ2v) is 10.3. The molecule has 0 radical (unpaired) electrons. The Morgan fingerprint density at radius 1 is 1.29 bits per heavy atom. The van der Waals surface area contributed by atoms with Crippen molar-refractivity contribution in [1.82, 2.24) is 4.98 Å². The number of rotatable bonds is 5. The van der Waals surface area contributed by atoms with Gasteiger partial charge in [-0.1, -0.05) is 11.8 Å². The lowest BCUT2D eigenvalue weighted by Crippen LogP contribution is -2.35. The average molecular weight is 500 g/mol. The number of halogens is 5. The van der Waals surface area contributed by atoms with E-state index in [0.29, 0.717) is 0 Å². The predicted octanol–water partition coefficient (Wildman–Crippen LogP) is 4.92. The molecule has 4 rings (SSSR count). The van der Waals surface area contributed by atoms with Crippen molar-refractivity contribution in [3.8, 4) is 5.75 Å². The van der Waals surface area contributed by atoms with Crippen LogP contribution < -0.4 is 15.8 Å². The van der Waals surface area contributed by atoms with E-state index in [2.05, 4.69) is 20.0 Å². The van der Waals surface area contributed by atoms with Crippen molar-refractivity contribution in [2.24, 2.45) is 16.6 Å². The van der Waals surface area contributed by atoms with Crippen LogP contribution in [0.15, 0.2) is 29.4 Å². The number of pyridine rings is 1. The lowest BCUT2D eigenvalue weighted by molar-refractivity contribution is -0.153. The minimum atomic E-state index is -4.52. The van der Waals surface area contributed by atoms with Crippen molar-refractivity contribution in [2.45, 2.75) is 43.7 Å². The zero-order valence-corrected chi connectivity index (χ0v) is 19.2. The van der Waals surface area contributed by atoms with Crippen LogP contribution in [0.3, 0.4) is 0 Å². The van der Waals surface area contributed by atoms with Gasteiger partial charge in [-0.2, -0.15) is 13.2 Å². The Balaban J connectivity index is 1.59. The molecule has 12 heteroatoms. The molecule has 0 saturated heterocycles. The minimum absolute atomic E-state index is 0.0203. The summed E-state index contributed by atoms with van der Waals surface area (Å²) in [5.74, 6) is -3.21. The molecule has 2 aliphatic rings. The second kappa shape index (κ2) is 8.10. The van der Waals surface area contributed by atoms with Crippen LogP contribution in [0.2, 0.25) is 0 Å². The molecule has 1 saturated carbocycles. The van der Waals surface area contributed by atoms with E-state index >= 15 is 0 Å². The summed E-state index contributed by atoms with van der Waals surface area (Å²) in [5, 5.41) is 2.75. The normalized spacial score (nSPS) is 25.9. The Bertz CT molecular complexity index is 1200. The van der Waals surface area contributed by atoms with E-state index in [0.717, 1.165) is 18.7 Å². The van der Waals surface area contributed by atoms with Crippen LogP contribution in [0.4, 0.5) is 27.6 Å². The number of hydrogen-bond donors (Lipinski definition) is 2. The van der Waals surface area contributed by atoms with Crippen molar-refractivity contribution in [3.63, 3.8) is 0 Å². The number of fused-ring (bicyclic) bond motifs is 1. The fraction of sp³-hybridized carbons (Fsp3) is 0.409. The summed E-state index contributed by atoms with van der Waals surface area (Å²) < 4.78 is 70.8. The Hall–Kier alpha value is -2.89. The standard InChI is InChI=1S/C22H21F5N4O2S/c1-10-4-12(33-9-22(25,26)27)8-29-17(10)18(32)30-11-5-13(16(24)14(23)6-11)21(3)15-7-20(15,2)34-19(28)31-21/h4-6,8,15H,7,9H2,1-3H3,(H2,28,31)(H,30,32)/t15?,20-,21-/m1/s1. The SMILES string of the molecule is Cc1cc(OCC(F)(F)F)cnc1C(=O)Nc1cc(F)c(F)c([C@@]2(C)N=C(N)S[C@]3(C)CC32)c1. The molecule has 1 aromatic heterocycles. The smallest absolute Gasteiger partial charge is 0.422 e. The number of hydrogen-bond acceptors (Lipinski definition) is 6. The van der Waals surface area contributed by atoms with Gasteiger partial charge in [-0.25, -0.2) is 13.8 Å². The van der Waals surface area contributed by atoms with Crippen molar-refractivity contribution >= 4 is 28.5 Å². The molecule has 1 aliphatic heterocycles. The summed E-state index contributed by atoms with van der Waals surface area (Å²) in [5.41, 5.74) is 4.93. The fourth-order valence-corrected chi connectivity index (χ4v) is 5.65. The first-order valence-corrected chi connectivity index (χ1v) is 11.0. The largest absolute Gasteiger partial charge is 0.482 e. The molecule has 1 aliphatic carbocycles. The molecule has 1 fully saturated rings. The number of aromatic nitrogens is 1. The molecular formula is C22H21F5N4O2S. The molecule has 6 nitrogen and oxygen atoms in total. The van der Waals surface area contributed by atoms with Gasteiger partial charge in [0.15, 0.2) is 23.4 Å². The van der Waals surface area contributed by atoms with Crippen LogP contribution in [0.1, 0.15) is 41.9 Å². The molecule has 0 spiro atoms. The molecule has 3 N–H and O–H groups in total. The molecule has 2 heterocycles. The van der Waals surface area contributed by atoms with E-state index in [1.807, 2.05) is 6.92 Å². The predicted molar refractivity (Wildman–Crippen MR) is 118 cm³/mol. The number of anilines is 1. The Kier molecular flexibility index (Phi) is 5.78. The van der Waals surface area contributed by atoms with Gasteiger partial charge in [0.25, 0.3) is 5.91 Å². The number of nitrogens with one attached hydrogen (secondary N) is 1. The lowest BCUT2D eigenvalue weighted by Gasteiger charge is -2.33. The van der Waals surface area contributed by atoms with E-state index in [1.165, 1.54) is 30.8 Å². The monoisotopic (exact) mass is 500 g/mol. The summed E-state index contributed by atoms with van der Waals surface area (Å²) in [7, 11) is 0. The summed E-state index contributed by atoms with van der Waals surface area (Å²) >= 11 is 1.41. The Labute approximate surface area is 196 Å². The van der Waals surface area contributed by atoms with E-state index in [1.54, 1.807) is 6.92 Å². The van der Waals surface area contributed by atoms with Crippen LogP contribution in [0, 0.1) is 24.5 Å². The van der Waals surface area contributed by atoms with E-state index in [4.69, 9.17) is 5.73 Å². The van der Waals surface area contributed by atoms with Gasteiger partial charge in [0.2, 0.25) is 0 Å². The van der Waals surface area contributed by atoms with Crippen LogP contribution in [0.5, 0.6) is 5.75 Å². The third-order valence-electron chi connectivity index (χ3n) is 6.05. The number of amides is 1. The van der Waals surface area contributed by atoms with Crippen molar-refractivity contribution in [2.75, 3.05) is 11.9 Å². The summed E-state index contributed by atoms with van der Waals surface area (Å²) in [6.45, 7) is 3.63. The first-order valence-electron chi connectivity index (χ1n) is 10.2. The average Bonchev–Trinajstić information content (AvgIpc) is 3.40. The summed E-state index contributed by atoms with van der Waals surface area (Å²) in [6, 6.07) is 3.39. The van der Waals surface area contributed by atoms with Gasteiger partial charge in [0, 0.05) is 28.0 Å². The number of amidine groups is 1. The topological polar surface area (TPSA) is 89.6 Å². The number of nitrogens with two attached hydrogens (primary N) is 1. The Morgan fingerprint density at radius 2 is 2.00 bits per heavy atom. The molecule has 34 heavy (non-hydrogen) atoms. The molecule has 1 unspecified atom stereocenters. The number of aryl methyl sites for hydroxylation is 1. The summed E-state index contributed by atoms with van der Waals surface area (Å²) in [4.78, 5) is 21.0. The molecule has 182 valence electrons. The lowest BCUT2D eigenvalue weighted by atomic mass is 9.85. The van der Waals surface area contributed by atoms with E-state index in [9.17, 15) is 26.7 Å². The number of ether oxygens (including phenoxy) is 1. The van der Waals surface area contributed by atoms with Gasteiger partial charge in [-0.05, 0) is 44.9 Å². The highest BCUT2D eigenvalue weighted by Crippen LogP contribution is 2.65. The number of alkyl halides is 3. The van der Waals surface area contributed by atoms with Gasteiger partial charge in [-0.15, -0.1) is 0 Å². The molecule has 1 aromatic carbocycles. The highest BCUT2D eigenvalue weighted by molar-refractivity contribution is 8.15. The maximum atomic E-state index is 14.9. The zero-order chi connectivity index (χ0) is 25.1. The number of aliphatic imine (C=N–C) groups is 1. The molecule has 2 aromatic rings. The minimum Gasteiger partial charge on any atom is -0.482 e. The number of carbonyl (C=O) groups is 1. The van der Waals surface area contributed by atoms with Crippen LogP contribution in [-0.2, 0) is 5.54 Å². The quantitative estimate of drug-likeness (QED) is 0.569. The van der Waals surface area contributed by atoms with Crippen LogP contribution in [-0.4, -0.2) is 33.6 Å². The van der Waals surface area contributed by atoms with Gasteiger partial charge < -0.3 is 15.8 Å². The van der Waals surface area contributed by atoms with E-state index in [-0.39, 0.29) is 44.1 Å². The maximum Gasteiger partial charge on any atom is 0.422 e. The van der Waals surface area contributed by atoms with Gasteiger partial charge in [-0.3, -0.25) is 9.79 Å². The fourth-order valence-electron chi connectivity index (χ4n) is 4.32. The van der Waals surface area contributed by atoms with Crippen LogP contribution in [0.25, 0.3) is 0 Å². The zero-order valence-electron chi connectivity index (χ0n) is 18.4. The third kappa shape index (κ3) is 4.55. The van der Waals surface area contributed by atoms with Crippen molar-refractivity contribution < 1.29 is 31.5 Å². The second-order valence-electron chi connectivity index (χ2n) is 8.78. The molecule has 3 atom stereocenters. The molecular weight excluding hydrogens is 479 g/mol. The number of nitrogens with zero attached hydrogens (tertiary/aromatic N) is 2. The molecule has 0 bridgehead atoms. The molecule has 1 amide bonds. The van der Waals surface area contributed by atoms with Gasteiger partial charge >= 0.3 is 6.18 Å². The van der Waals surface area contributed by atoms with Gasteiger partial charge in [0.1, 0.15) is 11.4 Å². The number of benzene rings is 1. The third-order valence-corrected chi connectivity index (χ3v) is 7.27. The van der Waals surface area contributed by atoms with Crippen LogP contribution >= 0.6 is 11.8 Å². The maximum absolute atomic E-state index is 14.9. The highest BCUT2D eigenvalue weighted by atomic mass is 32.2. The van der Waals surface area contributed by atoms with Gasteiger partial charge in [0.05, 0.1) is 11.7 Å². The van der Waals surface area contributed by atoms with E-state index < -0.39 is 35.9 Å². The number of thioether (sulfide) groups is 1. The first-order chi connectivity index (χ1) is 15.7. The first kappa shape index (κ1) is 24.2. The number of carbonyl (C=O) groups excluding carboxylic acids is 1. The highest BCUT2D eigenvalue weighted by Gasteiger charge is 2.64. The van der Waals surface area contributed by atoms with Crippen molar-refractivity contribution in [1.29, 1.82) is 0 Å². The Morgan fingerprint density at radius 3 is 2.65 bits per heavy atom. The summed E-state index contributed by atoms with van der Waals surface area (Å²) in [6.07, 6.45) is -2.81.